The average Bonchev–Trinajstić information content (AvgIpc) is 2.57. The number of rotatable bonds is 2. The molecule has 1 unspecified atom stereocenters. The van der Waals surface area contributed by atoms with Gasteiger partial charge in [0.05, 0.1) is 7.11 Å². The van der Waals surface area contributed by atoms with Crippen molar-refractivity contribution in [1.82, 2.24) is 0 Å². The van der Waals surface area contributed by atoms with Crippen molar-refractivity contribution in [3.63, 3.8) is 0 Å². The molecule has 1 aliphatic carbocycles. The number of methoxy groups -OCH3 is 1. The van der Waals surface area contributed by atoms with Gasteiger partial charge >= 0.3 is 5.97 Å². The van der Waals surface area contributed by atoms with E-state index in [-0.39, 0.29) is 22.7 Å². The molecule has 2 aromatic rings. The summed E-state index contributed by atoms with van der Waals surface area (Å²) in [6.07, 6.45) is 0. The number of hydrogen-bond donors (Lipinski definition) is 0. The van der Waals surface area contributed by atoms with E-state index in [0.29, 0.717) is 16.7 Å². The van der Waals surface area contributed by atoms with Crippen molar-refractivity contribution >= 4 is 29.1 Å². The minimum absolute atomic E-state index is 0.177. The van der Waals surface area contributed by atoms with E-state index in [9.17, 15) is 14.4 Å². The SMILES string of the molecule is COC(=O)C(Cl)c1cccc2c1C(=O)c1ccccc1C2=O. The Bertz CT molecular complexity index is 810. The van der Waals surface area contributed by atoms with Crippen LogP contribution in [0.25, 0.3) is 0 Å². The van der Waals surface area contributed by atoms with Gasteiger partial charge in [-0.25, -0.2) is 0 Å². The molecule has 0 spiro atoms. The van der Waals surface area contributed by atoms with Crippen LogP contribution in [0.2, 0.25) is 0 Å². The van der Waals surface area contributed by atoms with Crippen LogP contribution in [0.5, 0.6) is 0 Å². The van der Waals surface area contributed by atoms with Crippen LogP contribution in [-0.2, 0) is 9.53 Å². The van der Waals surface area contributed by atoms with Crippen molar-refractivity contribution in [1.29, 1.82) is 0 Å². The zero-order valence-electron chi connectivity index (χ0n) is 11.6. The molecular weight excluding hydrogens is 304 g/mol. The fraction of sp³-hybridized carbons (Fsp3) is 0.118. The van der Waals surface area contributed by atoms with Crippen LogP contribution in [0.15, 0.2) is 42.5 Å². The lowest BCUT2D eigenvalue weighted by Crippen LogP contribution is -2.24. The second-order valence-electron chi connectivity index (χ2n) is 4.86. The summed E-state index contributed by atoms with van der Waals surface area (Å²) in [5.41, 5.74) is 1.41. The number of esters is 1. The molecule has 4 nitrogen and oxygen atoms in total. The lowest BCUT2D eigenvalue weighted by atomic mass is 9.81. The van der Waals surface area contributed by atoms with Crippen LogP contribution in [-0.4, -0.2) is 24.6 Å². The number of benzene rings is 2. The maximum Gasteiger partial charge on any atom is 0.328 e. The van der Waals surface area contributed by atoms with E-state index in [2.05, 4.69) is 4.74 Å². The number of fused-ring (bicyclic) bond motifs is 2. The highest BCUT2D eigenvalue weighted by atomic mass is 35.5. The Morgan fingerprint density at radius 2 is 1.55 bits per heavy atom. The van der Waals surface area contributed by atoms with Crippen molar-refractivity contribution < 1.29 is 19.1 Å². The molecule has 1 aliphatic rings. The van der Waals surface area contributed by atoms with E-state index in [1.54, 1.807) is 42.5 Å². The Morgan fingerprint density at radius 1 is 0.955 bits per heavy atom. The van der Waals surface area contributed by atoms with Gasteiger partial charge in [-0.15, -0.1) is 11.6 Å². The first kappa shape index (κ1) is 14.5. The standard InChI is InChI=1S/C17H11ClO4/c1-22-17(21)14(18)11-7-4-8-12-13(11)16(20)10-6-3-2-5-9(10)15(12)19/h2-8,14H,1H3. The molecular formula is C17H11ClO4. The van der Waals surface area contributed by atoms with E-state index in [1.807, 2.05) is 0 Å². The summed E-state index contributed by atoms with van der Waals surface area (Å²) in [7, 11) is 1.22. The van der Waals surface area contributed by atoms with Gasteiger partial charge in [0.1, 0.15) is 0 Å². The second-order valence-corrected chi connectivity index (χ2v) is 5.30. The predicted molar refractivity (Wildman–Crippen MR) is 80.4 cm³/mol. The number of alkyl halides is 1. The van der Waals surface area contributed by atoms with Gasteiger partial charge in [0.25, 0.3) is 0 Å². The van der Waals surface area contributed by atoms with Crippen LogP contribution >= 0.6 is 11.6 Å². The van der Waals surface area contributed by atoms with Crippen LogP contribution in [0, 0.1) is 0 Å². The highest BCUT2D eigenvalue weighted by Gasteiger charge is 2.34. The van der Waals surface area contributed by atoms with Crippen LogP contribution in [0.1, 0.15) is 42.8 Å². The van der Waals surface area contributed by atoms with E-state index in [1.165, 1.54) is 7.11 Å². The molecule has 22 heavy (non-hydrogen) atoms. The summed E-state index contributed by atoms with van der Waals surface area (Å²) in [6, 6.07) is 11.3. The molecule has 5 heteroatoms. The predicted octanol–water partition coefficient (Wildman–Crippen LogP) is 2.91. The van der Waals surface area contributed by atoms with Crippen molar-refractivity contribution in [2.75, 3.05) is 7.11 Å². The van der Waals surface area contributed by atoms with Gasteiger partial charge in [-0.1, -0.05) is 42.5 Å². The van der Waals surface area contributed by atoms with E-state index in [0.717, 1.165) is 0 Å². The minimum atomic E-state index is -1.14. The molecule has 110 valence electrons. The Kier molecular flexibility index (Phi) is 3.54. The number of carbonyl (C=O) groups is 3. The quantitative estimate of drug-likeness (QED) is 0.539. The number of hydrogen-bond acceptors (Lipinski definition) is 4. The first-order chi connectivity index (χ1) is 10.6. The molecule has 0 bridgehead atoms. The summed E-state index contributed by atoms with van der Waals surface area (Å²) in [4.78, 5) is 37.0. The number of ketones is 2. The maximum atomic E-state index is 12.7. The average molecular weight is 315 g/mol. The normalized spacial score (nSPS) is 14.1. The summed E-state index contributed by atoms with van der Waals surface area (Å²) < 4.78 is 4.62. The van der Waals surface area contributed by atoms with Crippen molar-refractivity contribution in [3.05, 3.63) is 70.3 Å². The highest BCUT2D eigenvalue weighted by Crippen LogP contribution is 2.34. The fourth-order valence-electron chi connectivity index (χ4n) is 2.61. The molecule has 2 aromatic carbocycles. The topological polar surface area (TPSA) is 60.4 Å². The first-order valence-corrected chi connectivity index (χ1v) is 7.03. The summed E-state index contributed by atoms with van der Waals surface area (Å²) >= 11 is 6.10. The number of ether oxygens (including phenoxy) is 1. The van der Waals surface area contributed by atoms with Crippen molar-refractivity contribution in [2.45, 2.75) is 5.38 Å². The van der Waals surface area contributed by atoms with Gasteiger partial charge in [-0.2, -0.15) is 0 Å². The minimum Gasteiger partial charge on any atom is -0.468 e. The number of halogens is 1. The van der Waals surface area contributed by atoms with E-state index < -0.39 is 11.3 Å². The van der Waals surface area contributed by atoms with Gasteiger partial charge in [0.15, 0.2) is 16.9 Å². The van der Waals surface area contributed by atoms with Crippen LogP contribution < -0.4 is 0 Å². The smallest absolute Gasteiger partial charge is 0.328 e. The van der Waals surface area contributed by atoms with Crippen molar-refractivity contribution in [3.8, 4) is 0 Å². The third kappa shape index (κ3) is 2.04. The molecule has 0 aromatic heterocycles. The zero-order chi connectivity index (χ0) is 15.9. The Morgan fingerprint density at radius 3 is 2.18 bits per heavy atom. The summed E-state index contributed by atoms with van der Waals surface area (Å²) in [6.45, 7) is 0. The molecule has 0 radical (unpaired) electrons. The molecule has 0 N–H and O–H groups in total. The summed E-state index contributed by atoms with van der Waals surface area (Å²) in [5, 5.41) is -1.14. The van der Waals surface area contributed by atoms with E-state index >= 15 is 0 Å². The van der Waals surface area contributed by atoms with Gasteiger partial charge < -0.3 is 4.74 Å². The molecule has 0 fully saturated rings. The molecule has 0 amide bonds. The van der Waals surface area contributed by atoms with Crippen molar-refractivity contribution in [2.24, 2.45) is 0 Å². The fourth-order valence-corrected chi connectivity index (χ4v) is 2.88. The zero-order valence-corrected chi connectivity index (χ0v) is 12.4. The summed E-state index contributed by atoms with van der Waals surface area (Å²) in [5.74, 6) is -1.23. The van der Waals surface area contributed by atoms with Crippen LogP contribution in [0.4, 0.5) is 0 Å². The Hall–Kier alpha value is -2.46. The molecule has 0 aliphatic heterocycles. The second kappa shape index (κ2) is 5.39. The molecule has 1 atom stereocenters. The first-order valence-electron chi connectivity index (χ1n) is 6.59. The van der Waals surface area contributed by atoms with E-state index in [4.69, 9.17) is 11.6 Å². The van der Waals surface area contributed by atoms with Gasteiger partial charge in [0, 0.05) is 22.3 Å². The lowest BCUT2D eigenvalue weighted by Gasteiger charge is -2.21. The third-order valence-corrected chi connectivity index (χ3v) is 4.08. The molecule has 3 rings (SSSR count). The molecule has 0 heterocycles. The Balaban J connectivity index is 2.23. The van der Waals surface area contributed by atoms with Gasteiger partial charge in [-0.05, 0) is 5.56 Å². The molecule has 0 saturated carbocycles. The maximum absolute atomic E-state index is 12.7. The van der Waals surface area contributed by atoms with Gasteiger partial charge in [-0.3, -0.25) is 14.4 Å². The third-order valence-electron chi connectivity index (χ3n) is 3.67. The van der Waals surface area contributed by atoms with Gasteiger partial charge in [0.2, 0.25) is 0 Å². The lowest BCUT2D eigenvalue weighted by molar-refractivity contribution is -0.140. The number of carbonyl (C=O) groups excluding carboxylic acids is 3. The monoisotopic (exact) mass is 314 g/mol. The Labute approximate surface area is 131 Å². The largest absolute Gasteiger partial charge is 0.468 e. The van der Waals surface area contributed by atoms with Crippen LogP contribution in [0.3, 0.4) is 0 Å². The highest BCUT2D eigenvalue weighted by molar-refractivity contribution is 6.33. The molecule has 0 saturated heterocycles.